The summed E-state index contributed by atoms with van der Waals surface area (Å²) in [6.07, 6.45) is -1.01. The average Bonchev–Trinajstić information content (AvgIpc) is 3.14. The number of aromatic nitrogens is 1. The predicted molar refractivity (Wildman–Crippen MR) is 156 cm³/mol. The summed E-state index contributed by atoms with van der Waals surface area (Å²) in [7, 11) is 0. The molecule has 0 bridgehead atoms. The molecule has 3 aromatic carbocycles. The van der Waals surface area contributed by atoms with E-state index in [1.165, 1.54) is 12.5 Å². The summed E-state index contributed by atoms with van der Waals surface area (Å²) in [6, 6.07) is 19.3. The summed E-state index contributed by atoms with van der Waals surface area (Å²) in [5.41, 5.74) is 6.87. The molecule has 7 heteroatoms. The van der Waals surface area contributed by atoms with Crippen LogP contribution in [0.2, 0.25) is 5.02 Å². The zero-order valence-electron chi connectivity index (χ0n) is 23.2. The Labute approximate surface area is 234 Å². The van der Waals surface area contributed by atoms with E-state index in [4.69, 9.17) is 16.3 Å². The van der Waals surface area contributed by atoms with Gasteiger partial charge in [-0.3, -0.25) is 4.79 Å². The number of carboxylic acid groups (broad SMARTS) is 1. The maximum Gasteiger partial charge on any atom is 0.344 e. The Hall–Kier alpha value is -3.77. The molecule has 2 atom stereocenters. The Bertz CT molecular complexity index is 1540. The fourth-order valence-electron chi connectivity index (χ4n) is 4.73. The third kappa shape index (κ3) is 5.96. The van der Waals surface area contributed by atoms with Crippen LogP contribution < -0.4 is 10.1 Å². The molecule has 1 heterocycles. The van der Waals surface area contributed by atoms with E-state index < -0.39 is 12.1 Å². The lowest BCUT2D eigenvalue weighted by Gasteiger charge is -2.17. The topological polar surface area (TPSA) is 80.6 Å². The number of hydrogen-bond acceptors (Lipinski definition) is 3. The van der Waals surface area contributed by atoms with Crippen molar-refractivity contribution < 1.29 is 19.4 Å². The van der Waals surface area contributed by atoms with Gasteiger partial charge in [-0.25, -0.2) is 4.79 Å². The summed E-state index contributed by atoms with van der Waals surface area (Å²) >= 11 is 6.63. The van der Waals surface area contributed by atoms with Gasteiger partial charge in [-0.2, -0.15) is 0 Å². The molecule has 0 radical (unpaired) electrons. The van der Waals surface area contributed by atoms with Crippen LogP contribution >= 0.6 is 11.6 Å². The molecule has 4 aromatic rings. The van der Waals surface area contributed by atoms with Gasteiger partial charge in [0.25, 0.3) is 5.91 Å². The van der Waals surface area contributed by atoms with Crippen LogP contribution in [0.3, 0.4) is 0 Å². The number of nitrogens with zero attached hydrogens (tertiary/aromatic N) is 1. The van der Waals surface area contributed by atoms with Gasteiger partial charge in [-0.1, -0.05) is 61.8 Å². The molecule has 0 fully saturated rings. The lowest BCUT2D eigenvalue weighted by molar-refractivity contribution is -0.144. The second-order valence-electron chi connectivity index (χ2n) is 10.4. The monoisotopic (exact) mass is 546 g/mol. The van der Waals surface area contributed by atoms with Gasteiger partial charge in [0.1, 0.15) is 5.75 Å². The van der Waals surface area contributed by atoms with Crippen LogP contribution in [-0.2, 0) is 11.3 Å². The molecule has 4 rings (SSSR count). The normalized spacial score (nSPS) is 12.9. The molecule has 204 valence electrons. The first-order valence-electron chi connectivity index (χ1n) is 13.1. The van der Waals surface area contributed by atoms with Crippen molar-refractivity contribution >= 4 is 34.4 Å². The molecule has 1 aromatic heterocycles. The Balaban J connectivity index is 1.59. The highest BCUT2D eigenvalue weighted by molar-refractivity contribution is 6.32. The first-order chi connectivity index (χ1) is 18.5. The van der Waals surface area contributed by atoms with Crippen LogP contribution in [0, 0.1) is 13.8 Å². The number of ether oxygens (including phenoxy) is 1. The van der Waals surface area contributed by atoms with Crippen LogP contribution in [0.15, 0.2) is 60.7 Å². The molecule has 1 amide bonds. The minimum Gasteiger partial charge on any atom is -0.479 e. The highest BCUT2D eigenvalue weighted by Crippen LogP contribution is 2.33. The van der Waals surface area contributed by atoms with Crippen LogP contribution in [0.25, 0.3) is 10.9 Å². The van der Waals surface area contributed by atoms with Crippen LogP contribution in [0.4, 0.5) is 0 Å². The summed E-state index contributed by atoms with van der Waals surface area (Å²) in [5, 5.41) is 13.7. The fraction of sp³-hybridized carbons (Fsp3) is 0.312. The molecule has 0 spiro atoms. The van der Waals surface area contributed by atoms with Crippen molar-refractivity contribution in [1.82, 2.24) is 9.88 Å². The first kappa shape index (κ1) is 28.2. The first-order valence-corrected chi connectivity index (χ1v) is 13.5. The highest BCUT2D eigenvalue weighted by atomic mass is 35.5. The number of nitrogens with one attached hydrogen (secondary N) is 1. The number of aryl methyl sites for hydroxylation is 1. The largest absolute Gasteiger partial charge is 0.479 e. The molecule has 2 N–H and O–H groups in total. The van der Waals surface area contributed by atoms with Crippen molar-refractivity contribution in [3.8, 4) is 5.75 Å². The Morgan fingerprint density at radius 3 is 2.36 bits per heavy atom. The SMILES string of the molecule is Cc1c(C)n(Cc2cccc(O[C@@H](C)C(=O)O)c2Cl)c2ccc(C(=O)N[C@@H](C)c3cccc(C(C)C)c3)cc12. The summed E-state index contributed by atoms with van der Waals surface area (Å²) in [6.45, 7) is 12.3. The van der Waals surface area contributed by atoms with Crippen LogP contribution in [0.1, 0.15) is 78.0 Å². The average molecular weight is 547 g/mol. The number of rotatable bonds is 9. The molecular weight excluding hydrogens is 512 g/mol. The maximum atomic E-state index is 13.2. The number of aliphatic carboxylic acids is 1. The van der Waals surface area contributed by atoms with Crippen molar-refractivity contribution in [1.29, 1.82) is 0 Å². The van der Waals surface area contributed by atoms with Gasteiger partial charge >= 0.3 is 5.97 Å². The minimum absolute atomic E-state index is 0.121. The van der Waals surface area contributed by atoms with Gasteiger partial charge < -0.3 is 19.7 Å². The summed E-state index contributed by atoms with van der Waals surface area (Å²) in [4.78, 5) is 24.4. The third-order valence-corrected chi connectivity index (χ3v) is 7.78. The lowest BCUT2D eigenvalue weighted by atomic mass is 9.98. The van der Waals surface area contributed by atoms with Gasteiger partial charge in [-0.05, 0) is 80.1 Å². The number of amides is 1. The second-order valence-corrected chi connectivity index (χ2v) is 10.8. The molecule has 0 saturated carbocycles. The Morgan fingerprint density at radius 1 is 0.974 bits per heavy atom. The fourth-order valence-corrected chi connectivity index (χ4v) is 4.96. The predicted octanol–water partition coefficient (Wildman–Crippen LogP) is 7.43. The van der Waals surface area contributed by atoms with Crippen molar-refractivity contribution in [2.45, 2.75) is 66.2 Å². The summed E-state index contributed by atoms with van der Waals surface area (Å²) < 4.78 is 7.70. The van der Waals surface area contributed by atoms with E-state index in [2.05, 4.69) is 35.9 Å². The zero-order chi connectivity index (χ0) is 28.4. The van der Waals surface area contributed by atoms with E-state index in [-0.39, 0.29) is 11.9 Å². The number of benzene rings is 3. The van der Waals surface area contributed by atoms with Gasteiger partial charge in [0.2, 0.25) is 0 Å². The summed E-state index contributed by atoms with van der Waals surface area (Å²) in [5.74, 6) is -0.423. The van der Waals surface area contributed by atoms with Crippen LogP contribution in [-0.4, -0.2) is 27.7 Å². The van der Waals surface area contributed by atoms with Gasteiger partial charge in [0.05, 0.1) is 11.1 Å². The second kappa shape index (κ2) is 11.5. The number of carboxylic acids is 1. The van der Waals surface area contributed by atoms with Gasteiger partial charge in [0.15, 0.2) is 6.10 Å². The Morgan fingerprint density at radius 2 is 1.67 bits per heavy atom. The molecule has 0 aliphatic rings. The van der Waals surface area contributed by atoms with Crippen molar-refractivity contribution in [3.05, 3.63) is 99.2 Å². The van der Waals surface area contributed by atoms with Gasteiger partial charge in [-0.15, -0.1) is 0 Å². The number of halogens is 1. The molecule has 39 heavy (non-hydrogen) atoms. The van der Waals surface area contributed by atoms with E-state index in [0.717, 1.165) is 33.3 Å². The highest BCUT2D eigenvalue weighted by Gasteiger charge is 2.19. The molecule has 0 aliphatic heterocycles. The van der Waals surface area contributed by atoms with E-state index in [1.54, 1.807) is 12.1 Å². The van der Waals surface area contributed by atoms with Crippen molar-refractivity contribution in [2.75, 3.05) is 0 Å². The number of carbonyl (C=O) groups is 2. The lowest BCUT2D eigenvalue weighted by Crippen LogP contribution is -2.26. The standard InChI is InChI=1S/C32H35ClN2O4/c1-18(2)23-9-7-10-24(15-23)20(4)34-31(36)25-13-14-28-27(16-25)19(3)21(5)35(28)17-26-11-8-12-29(30(26)33)39-22(6)32(37)38/h7-16,18,20,22H,17H2,1-6H3,(H,34,36)(H,37,38)/t20-,22-/m0/s1. The van der Waals surface area contributed by atoms with Crippen LogP contribution in [0.5, 0.6) is 5.75 Å². The van der Waals surface area contributed by atoms with Crippen molar-refractivity contribution in [3.63, 3.8) is 0 Å². The van der Waals surface area contributed by atoms with Gasteiger partial charge in [0, 0.05) is 28.7 Å². The number of carbonyl (C=O) groups excluding carboxylic acids is 1. The van der Waals surface area contributed by atoms with E-state index >= 15 is 0 Å². The minimum atomic E-state index is -1.06. The third-order valence-electron chi connectivity index (χ3n) is 7.35. The Kier molecular flexibility index (Phi) is 8.36. The smallest absolute Gasteiger partial charge is 0.344 e. The van der Waals surface area contributed by atoms with E-state index in [9.17, 15) is 14.7 Å². The zero-order valence-corrected chi connectivity index (χ0v) is 24.0. The van der Waals surface area contributed by atoms with E-state index in [0.29, 0.717) is 28.8 Å². The van der Waals surface area contributed by atoms with Crippen molar-refractivity contribution in [2.24, 2.45) is 0 Å². The molecule has 0 aliphatic carbocycles. The molecule has 0 saturated heterocycles. The molecule has 6 nitrogen and oxygen atoms in total. The molecule has 0 unspecified atom stereocenters. The molecular formula is C32H35ClN2O4. The maximum absolute atomic E-state index is 13.2. The quantitative estimate of drug-likeness (QED) is 0.229. The number of hydrogen-bond donors (Lipinski definition) is 2. The van der Waals surface area contributed by atoms with E-state index in [1.807, 2.05) is 57.2 Å². The number of fused-ring (bicyclic) bond motifs is 1.